The normalized spacial score (nSPS) is 13.8. The van der Waals surface area contributed by atoms with Crippen LogP contribution in [0.5, 0.6) is 0 Å². The molecule has 0 spiro atoms. The molecular formula is C41H24N4O. The lowest BCUT2D eigenvalue weighted by Gasteiger charge is -2.33. The zero-order valence-corrected chi connectivity index (χ0v) is 24.2. The molecule has 0 bridgehead atoms. The molecule has 214 valence electrons. The first-order chi connectivity index (χ1) is 24.9. The third kappa shape index (κ3) is 3.60. The summed E-state index contributed by atoms with van der Waals surface area (Å²) in [5.74, 6) is 0.475. The Balaban J connectivity index is 1.36. The highest BCUT2D eigenvalue weighted by atomic mass is 16.3. The minimum atomic E-state index is -0.488. The highest BCUT2D eigenvalue weighted by Gasteiger charge is 2.30. The van der Waals surface area contributed by atoms with Gasteiger partial charge in [-0.1, -0.05) is 127 Å². The second kappa shape index (κ2) is 9.58. The first-order valence-electron chi connectivity index (χ1n) is 17.5. The average Bonchev–Trinajstić information content (AvgIpc) is 3.55. The van der Waals surface area contributed by atoms with Gasteiger partial charge in [-0.25, -0.2) is 4.98 Å². The largest absolute Gasteiger partial charge is 0.456 e. The number of para-hydroxylation sites is 1. The van der Waals surface area contributed by atoms with E-state index in [0.29, 0.717) is 16.7 Å². The SMILES string of the molecule is [2H]c1c([2H])c([2H])c(-c2nc(-c3cccc4oc5ccccc5c34)nc(N3c4c(ccc5ccccc45)-c4cccc5cccc3c45)n2)c([2H])c1[2H]. The lowest BCUT2D eigenvalue weighted by atomic mass is 9.89. The molecule has 5 nitrogen and oxygen atoms in total. The van der Waals surface area contributed by atoms with Crippen molar-refractivity contribution in [3.63, 3.8) is 0 Å². The maximum atomic E-state index is 8.89. The van der Waals surface area contributed by atoms with E-state index in [0.717, 1.165) is 54.8 Å². The Hall–Kier alpha value is -6.33. The molecule has 7 aromatic carbocycles. The van der Waals surface area contributed by atoms with Crippen LogP contribution in [0, 0.1) is 0 Å². The number of fused-ring (bicyclic) bond motifs is 7. The van der Waals surface area contributed by atoms with Gasteiger partial charge >= 0.3 is 0 Å². The van der Waals surface area contributed by atoms with E-state index < -0.39 is 30.2 Å². The molecule has 1 aliphatic heterocycles. The number of furan rings is 1. The van der Waals surface area contributed by atoms with Crippen molar-refractivity contribution in [1.29, 1.82) is 0 Å². The molecule has 46 heavy (non-hydrogen) atoms. The van der Waals surface area contributed by atoms with E-state index in [4.69, 9.17) is 26.2 Å². The number of nitrogens with zero attached hydrogens (tertiary/aromatic N) is 4. The van der Waals surface area contributed by atoms with Crippen molar-refractivity contribution in [2.75, 3.05) is 4.90 Å². The van der Waals surface area contributed by atoms with Gasteiger partial charge in [0.1, 0.15) is 11.2 Å². The van der Waals surface area contributed by atoms with Gasteiger partial charge in [-0.05, 0) is 34.5 Å². The van der Waals surface area contributed by atoms with Gasteiger partial charge in [0.05, 0.1) is 18.2 Å². The van der Waals surface area contributed by atoms with Crippen LogP contribution in [0.2, 0.25) is 0 Å². The maximum Gasteiger partial charge on any atom is 0.238 e. The Morgan fingerprint density at radius 1 is 0.522 bits per heavy atom. The molecule has 0 unspecified atom stereocenters. The lowest BCUT2D eigenvalue weighted by Crippen LogP contribution is -2.19. The summed E-state index contributed by atoms with van der Waals surface area (Å²) in [4.78, 5) is 17.1. The highest BCUT2D eigenvalue weighted by molar-refractivity contribution is 6.18. The quantitative estimate of drug-likeness (QED) is 0.204. The van der Waals surface area contributed by atoms with E-state index in [2.05, 4.69) is 48.5 Å². The average molecular weight is 594 g/mol. The minimum Gasteiger partial charge on any atom is -0.456 e. The van der Waals surface area contributed by atoms with Crippen LogP contribution in [0.1, 0.15) is 6.85 Å². The van der Waals surface area contributed by atoms with E-state index in [-0.39, 0.29) is 23.2 Å². The summed E-state index contributed by atoms with van der Waals surface area (Å²) in [6.07, 6.45) is 0. The van der Waals surface area contributed by atoms with Crippen LogP contribution in [0.4, 0.5) is 17.3 Å². The Kier molecular flexibility index (Phi) is 4.29. The van der Waals surface area contributed by atoms with Crippen molar-refractivity contribution < 1.29 is 11.3 Å². The van der Waals surface area contributed by atoms with Crippen LogP contribution < -0.4 is 4.90 Å². The highest BCUT2D eigenvalue weighted by Crippen LogP contribution is 2.52. The van der Waals surface area contributed by atoms with Crippen LogP contribution in [-0.2, 0) is 0 Å². The van der Waals surface area contributed by atoms with Crippen molar-refractivity contribution in [2.45, 2.75) is 0 Å². The zero-order chi connectivity index (χ0) is 34.5. The topological polar surface area (TPSA) is 55.1 Å². The molecule has 1 aliphatic rings. The summed E-state index contributed by atoms with van der Waals surface area (Å²) in [5, 5.41) is 5.76. The van der Waals surface area contributed by atoms with Crippen molar-refractivity contribution in [2.24, 2.45) is 0 Å². The molecule has 0 N–H and O–H groups in total. The number of aromatic nitrogens is 3. The van der Waals surface area contributed by atoms with Crippen LogP contribution >= 0.6 is 0 Å². The molecule has 3 heterocycles. The molecule has 2 aromatic heterocycles. The van der Waals surface area contributed by atoms with Gasteiger partial charge in [-0.3, -0.25) is 4.90 Å². The van der Waals surface area contributed by atoms with Crippen LogP contribution in [0.3, 0.4) is 0 Å². The van der Waals surface area contributed by atoms with E-state index in [1.807, 2.05) is 71.6 Å². The van der Waals surface area contributed by atoms with Crippen LogP contribution in [-0.4, -0.2) is 15.0 Å². The minimum absolute atomic E-state index is 0.0374. The van der Waals surface area contributed by atoms with Crippen LogP contribution in [0.15, 0.2) is 150 Å². The Bertz CT molecular complexity index is 2930. The number of rotatable bonds is 3. The number of hydrogen-bond acceptors (Lipinski definition) is 5. The molecule has 0 amide bonds. The molecule has 0 saturated carbocycles. The summed E-state index contributed by atoms with van der Waals surface area (Å²) in [6, 6.07) is 36.0. The fourth-order valence-electron chi connectivity index (χ4n) is 6.79. The number of hydrogen-bond donors (Lipinski definition) is 0. The molecule has 5 heteroatoms. The number of anilines is 3. The molecule has 0 saturated heterocycles. The van der Waals surface area contributed by atoms with E-state index in [1.165, 1.54) is 0 Å². The van der Waals surface area contributed by atoms with E-state index in [9.17, 15) is 0 Å². The molecule has 0 radical (unpaired) electrons. The smallest absolute Gasteiger partial charge is 0.238 e. The monoisotopic (exact) mass is 593 g/mol. The second-order valence-corrected chi connectivity index (χ2v) is 11.3. The molecule has 0 atom stereocenters. The fraction of sp³-hybridized carbons (Fsp3) is 0. The first-order valence-corrected chi connectivity index (χ1v) is 15.0. The third-order valence-electron chi connectivity index (χ3n) is 8.73. The van der Waals surface area contributed by atoms with Crippen molar-refractivity contribution in [3.8, 4) is 33.9 Å². The van der Waals surface area contributed by atoms with E-state index >= 15 is 0 Å². The summed E-state index contributed by atoms with van der Waals surface area (Å²) >= 11 is 0. The van der Waals surface area contributed by atoms with Gasteiger partial charge in [0.2, 0.25) is 5.95 Å². The summed E-state index contributed by atoms with van der Waals surface area (Å²) in [5.41, 5.74) is 5.70. The van der Waals surface area contributed by atoms with Crippen molar-refractivity contribution in [1.82, 2.24) is 15.0 Å². The Morgan fingerprint density at radius 3 is 2.15 bits per heavy atom. The third-order valence-corrected chi connectivity index (χ3v) is 8.73. The lowest BCUT2D eigenvalue weighted by molar-refractivity contribution is 0.669. The van der Waals surface area contributed by atoms with Gasteiger partial charge in [0.15, 0.2) is 11.6 Å². The maximum absolute atomic E-state index is 8.89. The van der Waals surface area contributed by atoms with Crippen molar-refractivity contribution in [3.05, 3.63) is 145 Å². The standard InChI is InChI=1S/C41H24N4O/c1-2-12-27(13-3-1)39-42-40(32-19-10-22-35-37(32)31-17-6-7-21-34(31)46-35)44-41(43-39)45-33-20-9-15-26-14-8-18-29(36(26)33)30-24-23-25-11-4-5-16-28(25)38(30)45/h1-24H/i1D,2D,3D,12D,13D. The predicted molar refractivity (Wildman–Crippen MR) is 187 cm³/mol. The fourth-order valence-corrected chi connectivity index (χ4v) is 6.79. The second-order valence-electron chi connectivity index (χ2n) is 11.3. The number of benzene rings is 7. The molecule has 0 aliphatic carbocycles. The summed E-state index contributed by atoms with van der Waals surface area (Å²) in [7, 11) is 0. The van der Waals surface area contributed by atoms with E-state index in [1.54, 1.807) is 0 Å². The molecular weight excluding hydrogens is 564 g/mol. The van der Waals surface area contributed by atoms with Gasteiger partial charge in [-0.15, -0.1) is 0 Å². The first kappa shape index (κ1) is 20.6. The van der Waals surface area contributed by atoms with Gasteiger partial charge in [0, 0.05) is 38.2 Å². The van der Waals surface area contributed by atoms with Crippen LogP contribution in [0.25, 0.3) is 77.4 Å². The molecule has 10 rings (SSSR count). The predicted octanol–water partition coefficient (Wildman–Crippen LogP) is 10.9. The molecule has 9 aromatic rings. The summed E-state index contributed by atoms with van der Waals surface area (Å²) in [6.45, 7) is 0. The van der Waals surface area contributed by atoms with Crippen molar-refractivity contribution >= 4 is 60.8 Å². The zero-order valence-electron chi connectivity index (χ0n) is 29.2. The van der Waals surface area contributed by atoms with Gasteiger partial charge in [0.25, 0.3) is 0 Å². The Morgan fingerprint density at radius 2 is 1.24 bits per heavy atom. The van der Waals surface area contributed by atoms with Gasteiger partial charge < -0.3 is 4.42 Å². The summed E-state index contributed by atoms with van der Waals surface area (Å²) < 4.78 is 49.2. The Labute approximate surface area is 271 Å². The van der Waals surface area contributed by atoms with Gasteiger partial charge in [-0.2, -0.15) is 9.97 Å². The molecule has 0 fully saturated rings.